The molecule has 0 amide bonds. The molecule has 0 radical (unpaired) electrons. The van der Waals surface area contributed by atoms with Crippen molar-refractivity contribution in [1.82, 2.24) is 14.7 Å². The normalized spacial score (nSPS) is 11.1. The first-order valence-electron chi connectivity index (χ1n) is 4.92. The van der Waals surface area contributed by atoms with Gasteiger partial charge in [0.2, 0.25) is 0 Å². The Morgan fingerprint density at radius 3 is 3.00 bits per heavy atom. The summed E-state index contributed by atoms with van der Waals surface area (Å²) in [7, 11) is 0. The lowest BCUT2D eigenvalue weighted by Crippen LogP contribution is -2.23. The average Bonchev–Trinajstić information content (AvgIpc) is 2.63. The fraction of sp³-hybridized carbons (Fsp3) is 0.778. The van der Waals surface area contributed by atoms with Crippen LogP contribution in [0.3, 0.4) is 0 Å². The Balaban J connectivity index is 1.90. The summed E-state index contributed by atoms with van der Waals surface area (Å²) in [5.74, 6) is 1.15. The fourth-order valence-electron chi connectivity index (χ4n) is 1.00. The third kappa shape index (κ3) is 5.57. The number of unbranched alkanes of at least 4 members (excludes halogenated alkanes) is 1. The van der Waals surface area contributed by atoms with E-state index in [-0.39, 0.29) is 0 Å². The highest BCUT2D eigenvalue weighted by atomic mass is 32.2. The number of nitrogens with zero attached hydrogens (tertiary/aromatic N) is 2. The molecule has 0 spiro atoms. The number of hydrogen-bond donors (Lipinski definition) is 1. The molecule has 14 heavy (non-hydrogen) atoms. The van der Waals surface area contributed by atoms with Crippen LogP contribution in [-0.2, 0) is 0 Å². The second-order valence-electron chi connectivity index (χ2n) is 3.37. The van der Waals surface area contributed by atoms with E-state index >= 15 is 0 Å². The molecule has 1 heterocycles. The van der Waals surface area contributed by atoms with Gasteiger partial charge in [-0.15, -0.1) is 0 Å². The van der Waals surface area contributed by atoms with Crippen LogP contribution in [0.5, 0.6) is 0 Å². The van der Waals surface area contributed by atoms with Gasteiger partial charge in [0.05, 0.1) is 0 Å². The summed E-state index contributed by atoms with van der Waals surface area (Å²) in [4.78, 5) is 4.12. The predicted molar refractivity (Wildman–Crippen MR) is 63.0 cm³/mol. The zero-order chi connectivity index (χ0) is 10.2. The molecule has 0 bridgehead atoms. The summed E-state index contributed by atoms with van der Waals surface area (Å²) in [5, 5.41) is 3.40. The summed E-state index contributed by atoms with van der Waals surface area (Å²) in [6.07, 6.45) is 4.10. The van der Waals surface area contributed by atoms with E-state index < -0.39 is 0 Å². The van der Waals surface area contributed by atoms with Gasteiger partial charge in [-0.2, -0.15) is 4.37 Å². The van der Waals surface area contributed by atoms with Crippen molar-refractivity contribution >= 4 is 23.3 Å². The molecule has 0 aromatic carbocycles. The molecule has 0 saturated carbocycles. The molecule has 5 heteroatoms. The molecule has 1 rings (SSSR count). The van der Waals surface area contributed by atoms with Crippen molar-refractivity contribution in [2.75, 3.05) is 12.3 Å². The van der Waals surface area contributed by atoms with Crippen LogP contribution in [0, 0.1) is 0 Å². The molecule has 0 atom stereocenters. The van der Waals surface area contributed by atoms with E-state index in [1.165, 1.54) is 24.4 Å². The fourth-order valence-corrected chi connectivity index (χ4v) is 2.52. The molecule has 0 aliphatic carbocycles. The Labute approximate surface area is 93.9 Å². The lowest BCUT2D eigenvalue weighted by Gasteiger charge is -2.06. The Morgan fingerprint density at radius 2 is 2.36 bits per heavy atom. The number of rotatable bonds is 7. The van der Waals surface area contributed by atoms with Gasteiger partial charge in [-0.25, -0.2) is 4.98 Å². The number of thioether (sulfide) groups is 1. The van der Waals surface area contributed by atoms with Gasteiger partial charge in [-0.05, 0) is 30.9 Å². The summed E-state index contributed by atoms with van der Waals surface area (Å²) in [6, 6.07) is 0.603. The van der Waals surface area contributed by atoms with E-state index in [4.69, 9.17) is 0 Å². The van der Waals surface area contributed by atoms with Gasteiger partial charge in [-0.3, -0.25) is 0 Å². The van der Waals surface area contributed by atoms with E-state index in [9.17, 15) is 0 Å². The smallest absolute Gasteiger partial charge is 0.169 e. The first-order valence-corrected chi connectivity index (χ1v) is 6.68. The number of nitrogens with one attached hydrogen (secondary N) is 1. The summed E-state index contributed by atoms with van der Waals surface area (Å²) < 4.78 is 5.04. The zero-order valence-electron chi connectivity index (χ0n) is 8.69. The molecule has 0 aliphatic heterocycles. The Hall–Kier alpha value is -0.130. The number of hydrogen-bond acceptors (Lipinski definition) is 5. The Morgan fingerprint density at radius 1 is 1.50 bits per heavy atom. The van der Waals surface area contributed by atoms with Gasteiger partial charge in [0, 0.05) is 11.8 Å². The maximum Gasteiger partial charge on any atom is 0.169 e. The summed E-state index contributed by atoms with van der Waals surface area (Å²) in [5.41, 5.74) is 0. The maximum atomic E-state index is 4.12. The second kappa shape index (κ2) is 7.20. The Kier molecular flexibility index (Phi) is 6.14. The van der Waals surface area contributed by atoms with Crippen molar-refractivity contribution in [3.8, 4) is 0 Å². The minimum atomic E-state index is 0.603. The van der Waals surface area contributed by atoms with Gasteiger partial charge >= 0.3 is 0 Å². The van der Waals surface area contributed by atoms with Crippen LogP contribution < -0.4 is 5.32 Å². The largest absolute Gasteiger partial charge is 0.315 e. The van der Waals surface area contributed by atoms with E-state index in [1.807, 2.05) is 0 Å². The maximum absolute atomic E-state index is 4.12. The summed E-state index contributed by atoms with van der Waals surface area (Å²) >= 11 is 3.28. The molecular weight excluding hydrogens is 214 g/mol. The van der Waals surface area contributed by atoms with Crippen molar-refractivity contribution in [3.05, 3.63) is 6.33 Å². The average molecular weight is 231 g/mol. The standard InChI is InChI=1S/C9H17N3S2/c1-8(2)10-5-3-4-6-13-9-11-7-12-14-9/h7-8,10H,3-6H2,1-2H3. The minimum absolute atomic E-state index is 0.603. The van der Waals surface area contributed by atoms with Crippen LogP contribution in [-0.4, -0.2) is 27.7 Å². The molecule has 1 N–H and O–H groups in total. The minimum Gasteiger partial charge on any atom is -0.315 e. The van der Waals surface area contributed by atoms with Crippen molar-refractivity contribution in [3.63, 3.8) is 0 Å². The lowest BCUT2D eigenvalue weighted by molar-refractivity contribution is 0.567. The molecule has 3 nitrogen and oxygen atoms in total. The van der Waals surface area contributed by atoms with Gasteiger partial charge in [0.1, 0.15) is 6.33 Å². The van der Waals surface area contributed by atoms with Crippen molar-refractivity contribution in [1.29, 1.82) is 0 Å². The third-order valence-corrected chi connectivity index (χ3v) is 3.57. The highest BCUT2D eigenvalue weighted by Crippen LogP contribution is 2.19. The second-order valence-corrected chi connectivity index (χ2v) is 5.49. The SMILES string of the molecule is CC(C)NCCCCSc1ncns1. The van der Waals surface area contributed by atoms with Gasteiger partial charge in [0.15, 0.2) is 4.34 Å². The molecule has 0 unspecified atom stereocenters. The molecule has 1 aromatic heterocycles. The first kappa shape index (κ1) is 11.9. The highest BCUT2D eigenvalue weighted by Gasteiger charge is 1.97. The zero-order valence-corrected chi connectivity index (χ0v) is 10.3. The van der Waals surface area contributed by atoms with Crippen LogP contribution in [0.1, 0.15) is 26.7 Å². The van der Waals surface area contributed by atoms with Gasteiger partial charge in [-0.1, -0.05) is 25.6 Å². The highest BCUT2D eigenvalue weighted by molar-refractivity contribution is 8.00. The Bertz CT molecular complexity index is 224. The van der Waals surface area contributed by atoms with Crippen LogP contribution >= 0.6 is 23.3 Å². The molecule has 0 fully saturated rings. The van der Waals surface area contributed by atoms with Gasteiger partial charge < -0.3 is 5.32 Å². The van der Waals surface area contributed by atoms with E-state index in [1.54, 1.807) is 18.1 Å². The lowest BCUT2D eigenvalue weighted by atomic mass is 10.3. The first-order chi connectivity index (χ1) is 6.79. The van der Waals surface area contributed by atoms with E-state index in [0.29, 0.717) is 6.04 Å². The van der Waals surface area contributed by atoms with Crippen LogP contribution in [0.2, 0.25) is 0 Å². The monoisotopic (exact) mass is 231 g/mol. The molecule has 0 saturated heterocycles. The predicted octanol–water partition coefficient (Wildman–Crippen LogP) is 2.41. The summed E-state index contributed by atoms with van der Waals surface area (Å²) in [6.45, 7) is 5.47. The van der Waals surface area contributed by atoms with Crippen molar-refractivity contribution in [2.45, 2.75) is 37.1 Å². The van der Waals surface area contributed by atoms with Crippen molar-refractivity contribution in [2.24, 2.45) is 0 Å². The van der Waals surface area contributed by atoms with E-state index in [0.717, 1.165) is 16.6 Å². The van der Waals surface area contributed by atoms with E-state index in [2.05, 4.69) is 28.5 Å². The third-order valence-electron chi connectivity index (χ3n) is 1.69. The topological polar surface area (TPSA) is 37.8 Å². The molecular formula is C9H17N3S2. The van der Waals surface area contributed by atoms with Crippen LogP contribution in [0.25, 0.3) is 0 Å². The van der Waals surface area contributed by atoms with Gasteiger partial charge in [0.25, 0.3) is 0 Å². The van der Waals surface area contributed by atoms with Crippen LogP contribution in [0.15, 0.2) is 10.7 Å². The number of aromatic nitrogens is 2. The molecule has 0 aliphatic rings. The molecule has 1 aromatic rings. The van der Waals surface area contributed by atoms with Crippen LogP contribution in [0.4, 0.5) is 0 Å². The molecule has 80 valence electrons. The van der Waals surface area contributed by atoms with Crippen molar-refractivity contribution < 1.29 is 0 Å². The quantitative estimate of drug-likeness (QED) is 0.577.